The van der Waals surface area contributed by atoms with Gasteiger partial charge in [-0.3, -0.25) is 9.59 Å². The van der Waals surface area contributed by atoms with E-state index in [2.05, 4.69) is 5.32 Å². The van der Waals surface area contributed by atoms with E-state index >= 15 is 0 Å². The van der Waals surface area contributed by atoms with Crippen LogP contribution in [0.2, 0.25) is 0 Å². The van der Waals surface area contributed by atoms with E-state index in [0.717, 1.165) is 12.8 Å². The molecule has 0 aliphatic carbocycles. The molecule has 0 heterocycles. The molecular formula is C22H25NO5. The molecule has 2 aromatic rings. The number of anilines is 1. The first-order valence-corrected chi connectivity index (χ1v) is 9.26. The van der Waals surface area contributed by atoms with E-state index in [1.807, 2.05) is 6.92 Å². The van der Waals surface area contributed by atoms with Crippen molar-refractivity contribution in [1.82, 2.24) is 0 Å². The van der Waals surface area contributed by atoms with Crippen molar-refractivity contribution < 1.29 is 23.9 Å². The Kier molecular flexibility index (Phi) is 7.75. The zero-order valence-electron chi connectivity index (χ0n) is 16.4. The standard InChI is InChI=1S/C22H25NO5/c1-4-5-14-27-22(26)18-6-10-19(11-7-18)23-21(25)16(3)28-20-12-8-17(9-13-20)15(2)24/h6-13,16H,4-5,14H2,1-3H3,(H,23,25). The molecule has 0 saturated heterocycles. The van der Waals surface area contributed by atoms with Crippen LogP contribution in [-0.4, -0.2) is 30.4 Å². The summed E-state index contributed by atoms with van der Waals surface area (Å²) in [5.74, 6) is -0.237. The van der Waals surface area contributed by atoms with Crippen LogP contribution in [0.25, 0.3) is 0 Å². The van der Waals surface area contributed by atoms with Crippen LogP contribution in [-0.2, 0) is 9.53 Å². The molecule has 0 spiro atoms. The Bertz CT molecular complexity index is 812. The number of nitrogens with one attached hydrogen (secondary N) is 1. The second kappa shape index (κ2) is 10.3. The SMILES string of the molecule is CCCCOC(=O)c1ccc(NC(=O)C(C)Oc2ccc(C(C)=O)cc2)cc1. The Labute approximate surface area is 164 Å². The van der Waals surface area contributed by atoms with E-state index in [1.54, 1.807) is 55.5 Å². The van der Waals surface area contributed by atoms with Crippen LogP contribution in [0.5, 0.6) is 5.75 Å². The molecule has 1 N–H and O–H groups in total. The van der Waals surface area contributed by atoms with Crippen molar-refractivity contribution in [3.05, 3.63) is 59.7 Å². The van der Waals surface area contributed by atoms with Crippen molar-refractivity contribution >= 4 is 23.3 Å². The molecule has 28 heavy (non-hydrogen) atoms. The minimum Gasteiger partial charge on any atom is -0.481 e. The van der Waals surface area contributed by atoms with E-state index in [9.17, 15) is 14.4 Å². The van der Waals surface area contributed by atoms with E-state index in [1.165, 1.54) is 6.92 Å². The molecule has 1 atom stereocenters. The van der Waals surface area contributed by atoms with Gasteiger partial charge in [-0.2, -0.15) is 0 Å². The number of Topliss-reactive ketones (excluding diaryl/α,β-unsaturated/α-hetero) is 1. The summed E-state index contributed by atoms with van der Waals surface area (Å²) in [4.78, 5) is 35.5. The predicted octanol–water partition coefficient (Wildman–Crippen LogP) is 4.25. The molecule has 1 unspecified atom stereocenters. The van der Waals surface area contributed by atoms with Gasteiger partial charge in [-0.05, 0) is 68.8 Å². The summed E-state index contributed by atoms with van der Waals surface area (Å²) >= 11 is 0. The predicted molar refractivity (Wildman–Crippen MR) is 107 cm³/mol. The highest BCUT2D eigenvalue weighted by Crippen LogP contribution is 2.16. The van der Waals surface area contributed by atoms with Crippen LogP contribution in [0.4, 0.5) is 5.69 Å². The van der Waals surface area contributed by atoms with Gasteiger partial charge in [0.1, 0.15) is 5.75 Å². The number of rotatable bonds is 9. The molecule has 0 fully saturated rings. The maximum absolute atomic E-state index is 12.3. The van der Waals surface area contributed by atoms with Gasteiger partial charge in [0.05, 0.1) is 12.2 Å². The smallest absolute Gasteiger partial charge is 0.338 e. The average Bonchev–Trinajstić information content (AvgIpc) is 2.69. The maximum atomic E-state index is 12.3. The molecule has 2 aromatic carbocycles. The maximum Gasteiger partial charge on any atom is 0.338 e. The second-order valence-corrected chi connectivity index (χ2v) is 6.40. The van der Waals surface area contributed by atoms with Gasteiger partial charge < -0.3 is 14.8 Å². The lowest BCUT2D eigenvalue weighted by Crippen LogP contribution is -2.30. The zero-order valence-corrected chi connectivity index (χ0v) is 16.4. The molecule has 0 aromatic heterocycles. The number of ketones is 1. The quantitative estimate of drug-likeness (QED) is 0.398. The monoisotopic (exact) mass is 383 g/mol. The number of carbonyl (C=O) groups excluding carboxylic acids is 3. The van der Waals surface area contributed by atoms with Crippen molar-refractivity contribution in [2.75, 3.05) is 11.9 Å². The molecule has 0 aliphatic rings. The molecule has 148 valence electrons. The summed E-state index contributed by atoms with van der Waals surface area (Å²) in [6.07, 6.45) is 1.05. The Hall–Kier alpha value is -3.15. The van der Waals surface area contributed by atoms with E-state index in [4.69, 9.17) is 9.47 Å². The minimum atomic E-state index is -0.734. The number of amides is 1. The largest absolute Gasteiger partial charge is 0.481 e. The highest BCUT2D eigenvalue weighted by molar-refractivity contribution is 5.95. The van der Waals surface area contributed by atoms with Gasteiger partial charge in [-0.1, -0.05) is 13.3 Å². The third-order valence-electron chi connectivity index (χ3n) is 4.06. The molecule has 0 bridgehead atoms. The Balaban J connectivity index is 1.89. The van der Waals surface area contributed by atoms with Crippen molar-refractivity contribution in [3.63, 3.8) is 0 Å². The molecule has 6 heteroatoms. The minimum absolute atomic E-state index is 0.0324. The second-order valence-electron chi connectivity index (χ2n) is 6.40. The lowest BCUT2D eigenvalue weighted by molar-refractivity contribution is -0.122. The van der Waals surface area contributed by atoms with Crippen molar-refractivity contribution in [1.29, 1.82) is 0 Å². The van der Waals surface area contributed by atoms with Gasteiger partial charge in [0.15, 0.2) is 11.9 Å². The Morgan fingerprint density at radius 3 is 2.14 bits per heavy atom. The first-order valence-electron chi connectivity index (χ1n) is 9.26. The summed E-state index contributed by atoms with van der Waals surface area (Å²) in [5.41, 5.74) is 1.57. The van der Waals surface area contributed by atoms with Crippen LogP contribution >= 0.6 is 0 Å². The van der Waals surface area contributed by atoms with Crippen LogP contribution in [0, 0.1) is 0 Å². The van der Waals surface area contributed by atoms with Crippen LogP contribution in [0.15, 0.2) is 48.5 Å². The van der Waals surface area contributed by atoms with Gasteiger partial charge in [-0.25, -0.2) is 4.79 Å². The summed E-state index contributed by atoms with van der Waals surface area (Å²) in [7, 11) is 0. The molecule has 2 rings (SSSR count). The topological polar surface area (TPSA) is 81.7 Å². The lowest BCUT2D eigenvalue weighted by Gasteiger charge is -2.15. The molecule has 6 nitrogen and oxygen atoms in total. The lowest BCUT2D eigenvalue weighted by atomic mass is 10.1. The summed E-state index contributed by atoms with van der Waals surface area (Å²) in [5, 5.41) is 2.74. The number of hydrogen-bond donors (Lipinski definition) is 1. The van der Waals surface area contributed by atoms with Gasteiger partial charge >= 0.3 is 5.97 Å². The number of unbranched alkanes of at least 4 members (excludes halogenated alkanes) is 1. The molecule has 0 radical (unpaired) electrons. The van der Waals surface area contributed by atoms with Crippen molar-refractivity contribution in [2.45, 2.75) is 39.7 Å². The van der Waals surface area contributed by atoms with Crippen LogP contribution in [0.3, 0.4) is 0 Å². The number of ether oxygens (including phenoxy) is 2. The summed E-state index contributed by atoms with van der Waals surface area (Å²) < 4.78 is 10.8. The molecule has 0 saturated carbocycles. The summed E-state index contributed by atoms with van der Waals surface area (Å²) in [6, 6.07) is 13.1. The number of carbonyl (C=O) groups is 3. The van der Waals surface area contributed by atoms with Crippen LogP contribution in [0.1, 0.15) is 54.3 Å². The van der Waals surface area contributed by atoms with Crippen LogP contribution < -0.4 is 10.1 Å². The van der Waals surface area contributed by atoms with Gasteiger partial charge in [0, 0.05) is 11.3 Å². The fourth-order valence-electron chi connectivity index (χ4n) is 2.35. The Morgan fingerprint density at radius 2 is 1.57 bits per heavy atom. The van der Waals surface area contributed by atoms with Crippen molar-refractivity contribution in [2.24, 2.45) is 0 Å². The highest BCUT2D eigenvalue weighted by Gasteiger charge is 2.15. The molecule has 1 amide bonds. The highest BCUT2D eigenvalue weighted by atomic mass is 16.5. The third kappa shape index (κ3) is 6.23. The Morgan fingerprint density at radius 1 is 0.964 bits per heavy atom. The molecular weight excluding hydrogens is 358 g/mol. The fraction of sp³-hybridized carbons (Fsp3) is 0.318. The fourth-order valence-corrected chi connectivity index (χ4v) is 2.35. The normalized spacial score (nSPS) is 11.4. The summed E-state index contributed by atoms with van der Waals surface area (Å²) in [6.45, 7) is 5.54. The number of hydrogen-bond acceptors (Lipinski definition) is 5. The van der Waals surface area contributed by atoms with E-state index in [0.29, 0.717) is 29.2 Å². The van der Waals surface area contributed by atoms with Gasteiger partial charge in [0.25, 0.3) is 5.91 Å². The zero-order chi connectivity index (χ0) is 20.5. The first-order chi connectivity index (χ1) is 13.4. The average molecular weight is 383 g/mol. The number of esters is 1. The molecule has 0 aliphatic heterocycles. The first kappa shape index (κ1) is 21.2. The number of benzene rings is 2. The van der Waals surface area contributed by atoms with Crippen molar-refractivity contribution in [3.8, 4) is 5.75 Å². The van der Waals surface area contributed by atoms with E-state index < -0.39 is 6.10 Å². The van der Waals surface area contributed by atoms with Gasteiger partial charge in [-0.15, -0.1) is 0 Å². The third-order valence-corrected chi connectivity index (χ3v) is 4.06. The van der Waals surface area contributed by atoms with E-state index in [-0.39, 0.29) is 17.7 Å². The van der Waals surface area contributed by atoms with Gasteiger partial charge in [0.2, 0.25) is 0 Å².